The molecule has 2 N–H and O–H groups in total. The van der Waals surface area contributed by atoms with Crippen molar-refractivity contribution in [2.45, 2.75) is 44.8 Å². The molecule has 1 heterocycles. The van der Waals surface area contributed by atoms with Gasteiger partial charge in [-0.3, -0.25) is 4.90 Å². The SMILES string of the molecule is CC1COC(CO)CN1CC1(CO)CCCC1. The third-order valence-corrected chi connectivity index (χ3v) is 4.38. The highest BCUT2D eigenvalue weighted by Crippen LogP contribution is 2.39. The van der Waals surface area contributed by atoms with Crippen molar-refractivity contribution < 1.29 is 14.9 Å². The van der Waals surface area contributed by atoms with Gasteiger partial charge >= 0.3 is 0 Å². The molecule has 100 valence electrons. The van der Waals surface area contributed by atoms with Gasteiger partial charge in [0.25, 0.3) is 0 Å². The summed E-state index contributed by atoms with van der Waals surface area (Å²) < 4.78 is 5.55. The molecule has 17 heavy (non-hydrogen) atoms. The van der Waals surface area contributed by atoms with Gasteiger partial charge in [-0.1, -0.05) is 12.8 Å². The summed E-state index contributed by atoms with van der Waals surface area (Å²) in [5.74, 6) is 0. The molecule has 1 aliphatic heterocycles. The van der Waals surface area contributed by atoms with E-state index >= 15 is 0 Å². The van der Waals surface area contributed by atoms with Crippen molar-refractivity contribution in [3.63, 3.8) is 0 Å². The summed E-state index contributed by atoms with van der Waals surface area (Å²) in [5, 5.41) is 18.8. The number of aliphatic hydroxyl groups excluding tert-OH is 2. The van der Waals surface area contributed by atoms with Crippen molar-refractivity contribution in [3.8, 4) is 0 Å². The van der Waals surface area contributed by atoms with Gasteiger partial charge < -0.3 is 14.9 Å². The van der Waals surface area contributed by atoms with Crippen molar-refractivity contribution >= 4 is 0 Å². The lowest BCUT2D eigenvalue weighted by Gasteiger charge is -2.42. The van der Waals surface area contributed by atoms with E-state index in [2.05, 4.69) is 11.8 Å². The Kier molecular flexibility index (Phi) is 4.42. The first-order chi connectivity index (χ1) is 8.19. The molecule has 0 spiro atoms. The van der Waals surface area contributed by atoms with Gasteiger partial charge in [-0.2, -0.15) is 0 Å². The summed E-state index contributed by atoms with van der Waals surface area (Å²) >= 11 is 0. The van der Waals surface area contributed by atoms with Gasteiger partial charge in [0.15, 0.2) is 0 Å². The minimum absolute atomic E-state index is 0.0525. The average molecular weight is 243 g/mol. The Hall–Kier alpha value is -0.160. The van der Waals surface area contributed by atoms with Crippen LogP contribution in [-0.4, -0.2) is 60.2 Å². The fourth-order valence-electron chi connectivity index (χ4n) is 3.13. The number of hydrogen-bond acceptors (Lipinski definition) is 4. The molecule has 0 aromatic rings. The smallest absolute Gasteiger partial charge is 0.0933 e. The largest absolute Gasteiger partial charge is 0.396 e. The molecule has 0 aromatic heterocycles. The monoisotopic (exact) mass is 243 g/mol. The third kappa shape index (κ3) is 2.99. The van der Waals surface area contributed by atoms with Crippen molar-refractivity contribution in [2.75, 3.05) is 32.9 Å². The first-order valence-corrected chi connectivity index (χ1v) is 6.76. The molecule has 4 heteroatoms. The van der Waals surface area contributed by atoms with E-state index in [0.29, 0.717) is 19.3 Å². The molecule has 0 bridgehead atoms. The van der Waals surface area contributed by atoms with Crippen molar-refractivity contribution in [1.29, 1.82) is 0 Å². The summed E-state index contributed by atoms with van der Waals surface area (Å²) in [6.07, 6.45) is 4.70. The summed E-state index contributed by atoms with van der Waals surface area (Å²) in [6, 6.07) is 0.391. The van der Waals surface area contributed by atoms with Crippen LogP contribution >= 0.6 is 0 Å². The molecule has 0 aromatic carbocycles. The van der Waals surface area contributed by atoms with Crippen LogP contribution in [0.1, 0.15) is 32.6 Å². The van der Waals surface area contributed by atoms with E-state index < -0.39 is 0 Å². The summed E-state index contributed by atoms with van der Waals surface area (Å²) in [4.78, 5) is 2.38. The molecular weight excluding hydrogens is 218 g/mol. The van der Waals surface area contributed by atoms with Crippen LogP contribution in [0.15, 0.2) is 0 Å². The zero-order valence-electron chi connectivity index (χ0n) is 10.8. The molecule has 2 unspecified atom stereocenters. The lowest BCUT2D eigenvalue weighted by Crippen LogP contribution is -2.53. The summed E-state index contributed by atoms with van der Waals surface area (Å²) in [7, 11) is 0. The average Bonchev–Trinajstić information content (AvgIpc) is 2.81. The van der Waals surface area contributed by atoms with Crippen molar-refractivity contribution in [2.24, 2.45) is 5.41 Å². The molecule has 2 fully saturated rings. The Labute approximate surface area is 104 Å². The Bertz CT molecular complexity index is 241. The predicted octanol–water partition coefficient (Wildman–Crippen LogP) is 0.621. The van der Waals surface area contributed by atoms with Crippen LogP contribution in [0.3, 0.4) is 0 Å². The minimum atomic E-state index is -0.0525. The predicted molar refractivity (Wildman–Crippen MR) is 65.8 cm³/mol. The van der Waals surface area contributed by atoms with Gasteiger partial charge in [-0.05, 0) is 19.8 Å². The molecule has 1 aliphatic carbocycles. The highest BCUT2D eigenvalue weighted by molar-refractivity contribution is 4.90. The Morgan fingerprint density at radius 3 is 2.59 bits per heavy atom. The normalized spacial score (nSPS) is 34.1. The highest BCUT2D eigenvalue weighted by atomic mass is 16.5. The molecule has 1 saturated carbocycles. The third-order valence-electron chi connectivity index (χ3n) is 4.38. The van der Waals surface area contributed by atoms with E-state index in [9.17, 15) is 10.2 Å². The topological polar surface area (TPSA) is 52.9 Å². The van der Waals surface area contributed by atoms with Crippen LogP contribution < -0.4 is 0 Å². The maximum Gasteiger partial charge on any atom is 0.0933 e. The fourth-order valence-corrected chi connectivity index (χ4v) is 3.13. The lowest BCUT2D eigenvalue weighted by atomic mass is 9.86. The molecular formula is C13H25NO3. The Morgan fingerprint density at radius 1 is 1.29 bits per heavy atom. The lowest BCUT2D eigenvalue weighted by molar-refractivity contribution is -0.0914. The number of ether oxygens (including phenoxy) is 1. The zero-order valence-corrected chi connectivity index (χ0v) is 10.8. The Morgan fingerprint density at radius 2 is 2.00 bits per heavy atom. The van der Waals surface area contributed by atoms with Crippen LogP contribution in [0.4, 0.5) is 0 Å². The van der Waals surface area contributed by atoms with Crippen LogP contribution in [0.25, 0.3) is 0 Å². The fraction of sp³-hybridized carbons (Fsp3) is 1.00. The second-order valence-corrected chi connectivity index (χ2v) is 5.78. The molecule has 0 radical (unpaired) electrons. The molecule has 4 nitrogen and oxygen atoms in total. The van der Waals surface area contributed by atoms with Gasteiger partial charge in [0, 0.05) is 31.2 Å². The number of rotatable bonds is 4. The molecule has 1 saturated heterocycles. The van der Waals surface area contributed by atoms with Crippen molar-refractivity contribution in [3.05, 3.63) is 0 Å². The highest BCUT2D eigenvalue weighted by Gasteiger charge is 2.37. The maximum atomic E-state index is 9.65. The molecule has 2 rings (SSSR count). The van der Waals surface area contributed by atoms with E-state index in [-0.39, 0.29) is 18.1 Å². The zero-order chi connectivity index (χ0) is 12.3. The number of nitrogens with zero attached hydrogens (tertiary/aromatic N) is 1. The number of aliphatic hydroxyl groups is 2. The molecule has 2 aliphatic rings. The summed E-state index contributed by atoms with van der Waals surface area (Å²) in [6.45, 7) is 4.97. The second-order valence-electron chi connectivity index (χ2n) is 5.78. The van der Waals surface area contributed by atoms with Crippen molar-refractivity contribution in [1.82, 2.24) is 4.90 Å². The van der Waals surface area contributed by atoms with E-state index in [1.165, 1.54) is 12.8 Å². The quantitative estimate of drug-likeness (QED) is 0.760. The standard InChI is InChI=1S/C13H25NO3/c1-11-8-17-12(7-15)6-14(11)9-13(10-16)4-2-3-5-13/h11-12,15-16H,2-10H2,1H3. The van der Waals surface area contributed by atoms with E-state index in [1.54, 1.807) is 0 Å². The van der Waals surface area contributed by atoms with Crippen LogP contribution in [0.5, 0.6) is 0 Å². The Balaban J connectivity index is 1.95. The number of hydrogen-bond donors (Lipinski definition) is 2. The van der Waals surface area contributed by atoms with Gasteiger partial charge in [0.2, 0.25) is 0 Å². The molecule has 2 atom stereocenters. The maximum absolute atomic E-state index is 9.65. The van der Waals surface area contributed by atoms with Gasteiger partial charge in [0.05, 0.1) is 19.3 Å². The van der Waals surface area contributed by atoms with Crippen LogP contribution in [0, 0.1) is 5.41 Å². The van der Waals surface area contributed by atoms with E-state index in [4.69, 9.17) is 4.74 Å². The molecule has 0 amide bonds. The van der Waals surface area contributed by atoms with Crippen LogP contribution in [0.2, 0.25) is 0 Å². The van der Waals surface area contributed by atoms with Crippen LogP contribution in [-0.2, 0) is 4.74 Å². The van der Waals surface area contributed by atoms with Gasteiger partial charge in [-0.25, -0.2) is 0 Å². The minimum Gasteiger partial charge on any atom is -0.396 e. The van der Waals surface area contributed by atoms with E-state index in [0.717, 1.165) is 25.9 Å². The second kappa shape index (κ2) is 5.65. The first kappa shape index (κ1) is 13.3. The van der Waals surface area contributed by atoms with E-state index in [1.807, 2.05) is 0 Å². The van der Waals surface area contributed by atoms with Gasteiger partial charge in [-0.15, -0.1) is 0 Å². The van der Waals surface area contributed by atoms with Gasteiger partial charge in [0.1, 0.15) is 0 Å². The first-order valence-electron chi connectivity index (χ1n) is 6.76. The summed E-state index contributed by atoms with van der Waals surface area (Å²) in [5.41, 5.74) is 0.103. The number of morpholine rings is 1.